The molecule has 0 spiro atoms. The van der Waals surface area contributed by atoms with E-state index in [1.165, 1.54) is 0 Å². The number of hydrogen-bond donors (Lipinski definition) is 2. The van der Waals surface area contributed by atoms with Crippen molar-refractivity contribution >= 4 is 17.5 Å². The SMILES string of the molecule is CCNC(C)(C)C(=O)NC(CC)c1ccc(Cl)cc1. The molecule has 0 aliphatic heterocycles. The second-order valence-corrected chi connectivity index (χ2v) is 5.58. The second kappa shape index (κ2) is 6.92. The van der Waals surface area contributed by atoms with Crippen LogP contribution in [0.3, 0.4) is 0 Å². The van der Waals surface area contributed by atoms with Gasteiger partial charge in [0.15, 0.2) is 0 Å². The molecule has 0 bridgehead atoms. The van der Waals surface area contributed by atoms with Crippen LogP contribution in [0, 0.1) is 0 Å². The highest BCUT2D eigenvalue weighted by Gasteiger charge is 2.27. The number of carbonyl (C=O) groups is 1. The maximum atomic E-state index is 12.3. The maximum Gasteiger partial charge on any atom is 0.240 e. The molecule has 106 valence electrons. The van der Waals surface area contributed by atoms with Gasteiger partial charge in [-0.05, 0) is 44.5 Å². The van der Waals surface area contributed by atoms with Crippen LogP contribution in [0.15, 0.2) is 24.3 Å². The molecule has 1 unspecified atom stereocenters. The monoisotopic (exact) mass is 282 g/mol. The van der Waals surface area contributed by atoms with E-state index in [2.05, 4.69) is 17.6 Å². The van der Waals surface area contributed by atoms with Crippen molar-refractivity contribution in [2.24, 2.45) is 0 Å². The molecule has 1 atom stereocenters. The summed E-state index contributed by atoms with van der Waals surface area (Å²) in [7, 11) is 0. The average molecular weight is 283 g/mol. The minimum absolute atomic E-state index is 0.0103. The van der Waals surface area contributed by atoms with E-state index in [0.29, 0.717) is 5.02 Å². The molecule has 0 radical (unpaired) electrons. The molecule has 0 aromatic heterocycles. The largest absolute Gasteiger partial charge is 0.348 e. The Balaban J connectivity index is 2.77. The fraction of sp³-hybridized carbons (Fsp3) is 0.533. The lowest BCUT2D eigenvalue weighted by Gasteiger charge is -2.28. The molecule has 0 heterocycles. The van der Waals surface area contributed by atoms with Gasteiger partial charge in [-0.1, -0.05) is 37.6 Å². The lowest BCUT2D eigenvalue weighted by Crippen LogP contribution is -2.53. The molecule has 0 aliphatic rings. The van der Waals surface area contributed by atoms with Crippen LogP contribution in [0.4, 0.5) is 0 Å². The van der Waals surface area contributed by atoms with E-state index in [1.807, 2.05) is 45.0 Å². The van der Waals surface area contributed by atoms with Crippen molar-refractivity contribution in [2.45, 2.75) is 45.7 Å². The van der Waals surface area contributed by atoms with Crippen molar-refractivity contribution in [3.63, 3.8) is 0 Å². The van der Waals surface area contributed by atoms with Crippen molar-refractivity contribution in [3.05, 3.63) is 34.9 Å². The summed E-state index contributed by atoms with van der Waals surface area (Å²) in [5.41, 5.74) is 0.516. The van der Waals surface area contributed by atoms with E-state index in [-0.39, 0.29) is 11.9 Å². The zero-order valence-electron chi connectivity index (χ0n) is 12.1. The third kappa shape index (κ3) is 4.51. The first-order valence-corrected chi connectivity index (χ1v) is 7.10. The van der Waals surface area contributed by atoms with Crippen molar-refractivity contribution < 1.29 is 4.79 Å². The Labute approximate surface area is 120 Å². The van der Waals surface area contributed by atoms with Crippen molar-refractivity contribution in [2.75, 3.05) is 6.54 Å². The Morgan fingerprint density at radius 1 is 1.26 bits per heavy atom. The smallest absolute Gasteiger partial charge is 0.240 e. The van der Waals surface area contributed by atoms with Gasteiger partial charge in [-0.25, -0.2) is 0 Å². The zero-order chi connectivity index (χ0) is 14.5. The minimum atomic E-state index is -0.561. The lowest BCUT2D eigenvalue weighted by molar-refractivity contribution is -0.127. The third-order valence-corrected chi connectivity index (χ3v) is 3.42. The molecule has 1 amide bonds. The highest BCUT2D eigenvalue weighted by atomic mass is 35.5. The summed E-state index contributed by atoms with van der Waals surface area (Å²) in [6.45, 7) is 8.59. The van der Waals surface area contributed by atoms with Gasteiger partial charge in [-0.2, -0.15) is 0 Å². The van der Waals surface area contributed by atoms with Crippen LogP contribution < -0.4 is 10.6 Å². The van der Waals surface area contributed by atoms with Crippen LogP contribution in [0.5, 0.6) is 0 Å². The molecule has 0 saturated heterocycles. The first kappa shape index (κ1) is 16.0. The van der Waals surface area contributed by atoms with Crippen LogP contribution in [-0.2, 0) is 4.79 Å². The van der Waals surface area contributed by atoms with Gasteiger partial charge in [0.25, 0.3) is 0 Å². The molecule has 1 rings (SSSR count). The summed E-state index contributed by atoms with van der Waals surface area (Å²) < 4.78 is 0. The van der Waals surface area contributed by atoms with E-state index in [0.717, 1.165) is 18.5 Å². The van der Waals surface area contributed by atoms with E-state index < -0.39 is 5.54 Å². The van der Waals surface area contributed by atoms with E-state index in [9.17, 15) is 4.79 Å². The fourth-order valence-electron chi connectivity index (χ4n) is 1.98. The Kier molecular flexibility index (Phi) is 5.83. The van der Waals surface area contributed by atoms with E-state index in [1.54, 1.807) is 0 Å². The van der Waals surface area contributed by atoms with Crippen LogP contribution in [0.2, 0.25) is 5.02 Å². The normalized spacial score (nSPS) is 13.1. The van der Waals surface area contributed by atoms with Gasteiger partial charge < -0.3 is 10.6 Å². The van der Waals surface area contributed by atoms with Crippen LogP contribution in [0.1, 0.15) is 45.7 Å². The molecule has 1 aromatic rings. The lowest BCUT2D eigenvalue weighted by atomic mass is 10.0. The van der Waals surface area contributed by atoms with Gasteiger partial charge >= 0.3 is 0 Å². The van der Waals surface area contributed by atoms with Crippen molar-refractivity contribution in [1.82, 2.24) is 10.6 Å². The number of benzene rings is 1. The Hall–Kier alpha value is -1.06. The number of amides is 1. The van der Waals surface area contributed by atoms with Crippen LogP contribution >= 0.6 is 11.6 Å². The first-order valence-electron chi connectivity index (χ1n) is 6.72. The average Bonchev–Trinajstić information content (AvgIpc) is 2.36. The zero-order valence-corrected chi connectivity index (χ0v) is 12.8. The van der Waals surface area contributed by atoms with Gasteiger partial charge in [0.05, 0.1) is 11.6 Å². The highest BCUT2D eigenvalue weighted by Crippen LogP contribution is 2.20. The topological polar surface area (TPSA) is 41.1 Å². The predicted molar refractivity (Wildman–Crippen MR) is 80.4 cm³/mol. The van der Waals surface area contributed by atoms with Gasteiger partial charge in [0.1, 0.15) is 0 Å². The van der Waals surface area contributed by atoms with E-state index >= 15 is 0 Å². The van der Waals surface area contributed by atoms with E-state index in [4.69, 9.17) is 11.6 Å². The van der Waals surface area contributed by atoms with Gasteiger partial charge in [-0.15, -0.1) is 0 Å². The molecule has 19 heavy (non-hydrogen) atoms. The van der Waals surface area contributed by atoms with Gasteiger partial charge in [0, 0.05) is 5.02 Å². The predicted octanol–water partition coefficient (Wildman–Crippen LogP) is 3.30. The number of halogens is 1. The van der Waals surface area contributed by atoms with Gasteiger partial charge in [0.2, 0.25) is 5.91 Å². The molecule has 1 aromatic carbocycles. The number of likely N-dealkylation sites (N-methyl/N-ethyl adjacent to an activating group) is 1. The molecule has 0 fully saturated rings. The standard InChI is InChI=1S/C15H23ClN2O/c1-5-13(11-7-9-12(16)10-8-11)18-14(19)15(3,4)17-6-2/h7-10,13,17H,5-6H2,1-4H3,(H,18,19). The second-order valence-electron chi connectivity index (χ2n) is 5.14. The quantitative estimate of drug-likeness (QED) is 0.841. The first-order chi connectivity index (χ1) is 8.90. The summed E-state index contributed by atoms with van der Waals surface area (Å²) in [5.74, 6) is 0.0103. The summed E-state index contributed by atoms with van der Waals surface area (Å²) in [6.07, 6.45) is 0.843. The molecular weight excluding hydrogens is 260 g/mol. The molecule has 2 N–H and O–H groups in total. The van der Waals surface area contributed by atoms with Crippen LogP contribution in [-0.4, -0.2) is 18.0 Å². The molecule has 0 aliphatic carbocycles. The maximum absolute atomic E-state index is 12.3. The van der Waals surface area contributed by atoms with Gasteiger partial charge in [-0.3, -0.25) is 4.79 Å². The number of carbonyl (C=O) groups excluding carboxylic acids is 1. The number of rotatable bonds is 6. The Morgan fingerprint density at radius 3 is 2.32 bits per heavy atom. The Morgan fingerprint density at radius 2 is 1.84 bits per heavy atom. The number of hydrogen-bond acceptors (Lipinski definition) is 2. The molecule has 4 heteroatoms. The third-order valence-electron chi connectivity index (χ3n) is 3.17. The number of nitrogens with one attached hydrogen (secondary N) is 2. The minimum Gasteiger partial charge on any atom is -0.348 e. The highest BCUT2D eigenvalue weighted by molar-refractivity contribution is 6.30. The summed E-state index contributed by atoms with van der Waals surface area (Å²) >= 11 is 5.88. The molecular formula is C15H23ClN2O. The fourth-order valence-corrected chi connectivity index (χ4v) is 2.10. The Bertz CT molecular complexity index is 415. The molecule has 0 saturated carbocycles. The van der Waals surface area contributed by atoms with Crippen molar-refractivity contribution in [1.29, 1.82) is 0 Å². The van der Waals surface area contributed by atoms with Crippen LogP contribution in [0.25, 0.3) is 0 Å². The van der Waals surface area contributed by atoms with Crippen molar-refractivity contribution in [3.8, 4) is 0 Å². The summed E-state index contributed by atoms with van der Waals surface area (Å²) in [4.78, 5) is 12.3. The summed E-state index contributed by atoms with van der Waals surface area (Å²) in [5, 5.41) is 6.97. The summed E-state index contributed by atoms with van der Waals surface area (Å²) in [6, 6.07) is 7.62. The molecule has 3 nitrogen and oxygen atoms in total.